The quantitative estimate of drug-likeness (QED) is 0.817. The molecule has 1 fully saturated rings. The molecule has 1 aromatic rings. The van der Waals surface area contributed by atoms with Gasteiger partial charge in [0.25, 0.3) is 0 Å². The van der Waals surface area contributed by atoms with Crippen LogP contribution in [0.1, 0.15) is 38.4 Å². The van der Waals surface area contributed by atoms with Crippen molar-refractivity contribution in [1.82, 2.24) is 14.9 Å². The summed E-state index contributed by atoms with van der Waals surface area (Å²) in [5.74, 6) is 0.950. The number of imidazole rings is 1. The molecule has 0 spiro atoms. The minimum absolute atomic E-state index is 0.0356. The number of aromatic nitrogens is 2. The molecule has 0 radical (unpaired) electrons. The third kappa shape index (κ3) is 4.04. The summed E-state index contributed by atoms with van der Waals surface area (Å²) in [6.07, 6.45) is 6.71. The van der Waals surface area contributed by atoms with E-state index in [2.05, 4.69) is 10.3 Å². The van der Waals surface area contributed by atoms with E-state index in [4.69, 9.17) is 4.74 Å². The molecule has 1 amide bonds. The number of nitrogens with one attached hydrogen (secondary N) is 1. The Morgan fingerprint density at radius 2 is 2.38 bits per heavy atom. The highest BCUT2D eigenvalue weighted by atomic mass is 16.5. The first-order chi connectivity index (χ1) is 10.2. The topological polar surface area (TPSA) is 76.4 Å². The summed E-state index contributed by atoms with van der Waals surface area (Å²) in [5.41, 5.74) is 0. The van der Waals surface area contributed by atoms with Crippen LogP contribution in [0.5, 0.6) is 0 Å². The van der Waals surface area contributed by atoms with Crippen LogP contribution in [0.15, 0.2) is 12.4 Å². The van der Waals surface area contributed by atoms with Gasteiger partial charge >= 0.3 is 0 Å². The minimum atomic E-state index is -0.618. The van der Waals surface area contributed by atoms with E-state index >= 15 is 0 Å². The Kier molecular flexibility index (Phi) is 5.76. The number of amides is 1. The van der Waals surface area contributed by atoms with Crippen molar-refractivity contribution >= 4 is 5.91 Å². The smallest absolute Gasteiger partial charge is 0.222 e. The van der Waals surface area contributed by atoms with E-state index in [0.29, 0.717) is 13.0 Å². The van der Waals surface area contributed by atoms with Gasteiger partial charge in [0.05, 0.1) is 12.1 Å². The first kappa shape index (κ1) is 16.0. The van der Waals surface area contributed by atoms with Crippen molar-refractivity contribution in [3.05, 3.63) is 18.2 Å². The Labute approximate surface area is 125 Å². The van der Waals surface area contributed by atoms with E-state index < -0.39 is 6.10 Å². The highest BCUT2D eigenvalue weighted by Gasteiger charge is 2.32. The number of methoxy groups -OCH3 is 1. The second-order valence-corrected chi connectivity index (χ2v) is 5.51. The number of aliphatic hydroxyl groups is 1. The van der Waals surface area contributed by atoms with Gasteiger partial charge in [0, 0.05) is 38.9 Å². The van der Waals surface area contributed by atoms with Gasteiger partial charge in [-0.3, -0.25) is 4.79 Å². The van der Waals surface area contributed by atoms with Crippen molar-refractivity contribution in [3.8, 4) is 0 Å². The Hall–Kier alpha value is -1.40. The zero-order valence-corrected chi connectivity index (χ0v) is 12.8. The van der Waals surface area contributed by atoms with E-state index in [1.807, 2.05) is 17.7 Å². The number of hydrogen-bond acceptors (Lipinski definition) is 4. The van der Waals surface area contributed by atoms with Crippen molar-refractivity contribution in [2.75, 3.05) is 7.11 Å². The van der Waals surface area contributed by atoms with Gasteiger partial charge in [-0.2, -0.15) is 0 Å². The molecule has 2 rings (SSSR count). The van der Waals surface area contributed by atoms with Crippen LogP contribution in [0.3, 0.4) is 0 Å². The molecule has 0 unspecified atom stereocenters. The van der Waals surface area contributed by atoms with Gasteiger partial charge in [-0.25, -0.2) is 4.98 Å². The predicted octanol–water partition coefficient (Wildman–Crippen LogP) is 0.880. The molecule has 1 heterocycles. The molecule has 0 bridgehead atoms. The zero-order chi connectivity index (χ0) is 15.2. The number of rotatable bonds is 6. The van der Waals surface area contributed by atoms with Gasteiger partial charge in [-0.1, -0.05) is 6.92 Å². The van der Waals surface area contributed by atoms with Gasteiger partial charge in [-0.15, -0.1) is 0 Å². The van der Waals surface area contributed by atoms with Crippen LogP contribution in [0, 0.1) is 0 Å². The van der Waals surface area contributed by atoms with Crippen molar-refractivity contribution in [2.24, 2.45) is 0 Å². The van der Waals surface area contributed by atoms with Crippen molar-refractivity contribution < 1.29 is 14.6 Å². The summed E-state index contributed by atoms with van der Waals surface area (Å²) < 4.78 is 7.25. The molecule has 6 nitrogen and oxygen atoms in total. The number of hydrogen-bond donors (Lipinski definition) is 2. The molecule has 21 heavy (non-hydrogen) atoms. The van der Waals surface area contributed by atoms with E-state index in [-0.39, 0.29) is 18.1 Å². The largest absolute Gasteiger partial charge is 0.388 e. The van der Waals surface area contributed by atoms with Crippen molar-refractivity contribution in [1.29, 1.82) is 0 Å². The fourth-order valence-electron chi connectivity index (χ4n) is 2.91. The predicted molar refractivity (Wildman–Crippen MR) is 78.8 cm³/mol. The maximum atomic E-state index is 12.0. The molecule has 2 N–H and O–H groups in total. The summed E-state index contributed by atoms with van der Waals surface area (Å²) in [7, 11) is 1.60. The Morgan fingerprint density at radius 1 is 1.57 bits per heavy atom. The summed E-state index contributed by atoms with van der Waals surface area (Å²) >= 11 is 0. The summed E-state index contributed by atoms with van der Waals surface area (Å²) in [4.78, 5) is 16.3. The second kappa shape index (κ2) is 7.56. The Morgan fingerprint density at radius 3 is 3.10 bits per heavy atom. The van der Waals surface area contributed by atoms with Gasteiger partial charge in [0.15, 0.2) is 0 Å². The van der Waals surface area contributed by atoms with Crippen molar-refractivity contribution in [2.45, 2.75) is 63.8 Å². The minimum Gasteiger partial charge on any atom is -0.388 e. The average molecular weight is 295 g/mol. The number of ether oxygens (including phenoxy) is 1. The molecule has 3 atom stereocenters. The lowest BCUT2D eigenvalue weighted by Gasteiger charge is -2.34. The van der Waals surface area contributed by atoms with Crippen LogP contribution in [-0.2, 0) is 22.5 Å². The third-order valence-corrected chi connectivity index (χ3v) is 4.14. The van der Waals surface area contributed by atoms with Gasteiger partial charge < -0.3 is 19.7 Å². The van der Waals surface area contributed by atoms with Crippen LogP contribution in [-0.4, -0.2) is 45.9 Å². The standard InChI is InChI=1S/C15H25N3O3/c1-3-13-16-8-10-18(13)9-7-14(19)17-11-5-4-6-12(21-2)15(11)20/h8,10-12,15,20H,3-7,9H2,1-2H3,(H,17,19)/t11-,12-,15-/m1/s1. The zero-order valence-electron chi connectivity index (χ0n) is 12.8. The maximum absolute atomic E-state index is 12.0. The lowest BCUT2D eigenvalue weighted by Crippen LogP contribution is -2.51. The van der Waals surface area contributed by atoms with Gasteiger partial charge in [0.2, 0.25) is 5.91 Å². The molecule has 1 aliphatic carbocycles. The van der Waals surface area contributed by atoms with Gasteiger partial charge in [-0.05, 0) is 19.3 Å². The lowest BCUT2D eigenvalue weighted by atomic mass is 9.90. The number of carbonyl (C=O) groups excluding carboxylic acids is 1. The van der Waals surface area contributed by atoms with Crippen LogP contribution >= 0.6 is 0 Å². The first-order valence-electron chi connectivity index (χ1n) is 7.66. The Bertz CT molecular complexity index is 461. The molecule has 1 aromatic heterocycles. The summed E-state index contributed by atoms with van der Waals surface area (Å²) in [6.45, 7) is 2.66. The molecular formula is C15H25N3O3. The van der Waals surface area contributed by atoms with Gasteiger partial charge in [0.1, 0.15) is 11.9 Å². The summed E-state index contributed by atoms with van der Waals surface area (Å²) in [6, 6.07) is -0.204. The lowest BCUT2D eigenvalue weighted by molar-refractivity contribution is -0.125. The second-order valence-electron chi connectivity index (χ2n) is 5.51. The fraction of sp³-hybridized carbons (Fsp3) is 0.733. The maximum Gasteiger partial charge on any atom is 0.222 e. The Balaban J connectivity index is 1.81. The van der Waals surface area contributed by atoms with E-state index in [9.17, 15) is 9.90 Å². The van der Waals surface area contributed by atoms with E-state index in [1.54, 1.807) is 13.3 Å². The molecule has 1 aliphatic rings. The monoisotopic (exact) mass is 295 g/mol. The van der Waals surface area contributed by atoms with Crippen LogP contribution < -0.4 is 5.32 Å². The fourth-order valence-corrected chi connectivity index (χ4v) is 2.91. The number of nitrogens with zero attached hydrogens (tertiary/aromatic N) is 2. The number of aliphatic hydroxyl groups excluding tert-OH is 1. The third-order valence-electron chi connectivity index (χ3n) is 4.14. The highest BCUT2D eigenvalue weighted by Crippen LogP contribution is 2.21. The molecule has 0 aliphatic heterocycles. The first-order valence-corrected chi connectivity index (χ1v) is 7.66. The molecule has 118 valence electrons. The SMILES string of the molecule is CCc1nccn1CCC(=O)N[C@@H]1CCC[C@@H](OC)[C@@H]1O. The van der Waals surface area contributed by atoms with Crippen LogP contribution in [0.4, 0.5) is 0 Å². The number of aryl methyl sites for hydroxylation is 2. The molecule has 6 heteroatoms. The molecule has 1 saturated carbocycles. The average Bonchev–Trinajstić information content (AvgIpc) is 2.95. The van der Waals surface area contributed by atoms with Crippen LogP contribution in [0.2, 0.25) is 0 Å². The van der Waals surface area contributed by atoms with E-state index in [0.717, 1.165) is 31.5 Å². The van der Waals surface area contributed by atoms with Crippen molar-refractivity contribution in [3.63, 3.8) is 0 Å². The number of carbonyl (C=O) groups is 1. The normalized spacial score (nSPS) is 25.8. The van der Waals surface area contributed by atoms with Crippen LogP contribution in [0.25, 0.3) is 0 Å². The summed E-state index contributed by atoms with van der Waals surface area (Å²) in [5, 5.41) is 13.1. The molecular weight excluding hydrogens is 270 g/mol. The molecule has 0 saturated heterocycles. The van der Waals surface area contributed by atoms with E-state index in [1.165, 1.54) is 0 Å². The highest BCUT2D eigenvalue weighted by molar-refractivity contribution is 5.76. The molecule has 0 aromatic carbocycles.